The molecule has 2 nitrogen and oxygen atoms in total. The van der Waals surface area contributed by atoms with Crippen LogP contribution in [0.15, 0.2) is 11.6 Å². The molecule has 0 aromatic heterocycles. The molecule has 13 heavy (non-hydrogen) atoms. The Hall–Kier alpha value is -0.790. The van der Waals surface area contributed by atoms with Crippen molar-refractivity contribution in [3.8, 4) is 0 Å². The van der Waals surface area contributed by atoms with Crippen LogP contribution in [0.1, 0.15) is 47.0 Å². The van der Waals surface area contributed by atoms with E-state index in [-0.39, 0.29) is 11.3 Å². The van der Waals surface area contributed by atoms with Crippen LogP contribution in [0.25, 0.3) is 0 Å². The summed E-state index contributed by atoms with van der Waals surface area (Å²) < 4.78 is 0. The van der Waals surface area contributed by atoms with E-state index in [9.17, 15) is 4.79 Å². The predicted molar refractivity (Wildman–Crippen MR) is 56.3 cm³/mol. The third kappa shape index (κ3) is 5.45. The maximum Gasteiger partial charge on any atom is 0.244 e. The topological polar surface area (TPSA) is 43.1 Å². The van der Waals surface area contributed by atoms with Gasteiger partial charge in [0.05, 0.1) is 0 Å². The zero-order valence-electron chi connectivity index (χ0n) is 9.18. The van der Waals surface area contributed by atoms with E-state index in [0.29, 0.717) is 5.57 Å². The van der Waals surface area contributed by atoms with E-state index in [0.717, 1.165) is 6.42 Å². The molecule has 0 spiro atoms. The smallest absolute Gasteiger partial charge is 0.244 e. The van der Waals surface area contributed by atoms with Gasteiger partial charge in [0.25, 0.3) is 0 Å². The number of hydrogen-bond acceptors (Lipinski definition) is 1. The Morgan fingerprint density at radius 1 is 1.46 bits per heavy atom. The van der Waals surface area contributed by atoms with E-state index >= 15 is 0 Å². The van der Waals surface area contributed by atoms with Crippen molar-refractivity contribution in [1.82, 2.24) is 0 Å². The summed E-state index contributed by atoms with van der Waals surface area (Å²) in [5.41, 5.74) is 5.92. The number of allylic oxidation sites excluding steroid dienone is 1. The van der Waals surface area contributed by atoms with Gasteiger partial charge in [-0.1, -0.05) is 39.7 Å². The van der Waals surface area contributed by atoms with Crippen LogP contribution in [0.4, 0.5) is 0 Å². The molecule has 2 N–H and O–H groups in total. The van der Waals surface area contributed by atoms with Gasteiger partial charge in [0.1, 0.15) is 0 Å². The standard InChI is InChI=1S/C11H21NO/c1-5-6-7-11(3,4)8-9(2)10(12)13/h8H,5-7H2,1-4H3,(H2,12,13)/b9-8+. The number of carbonyl (C=O) groups is 1. The first-order valence-corrected chi connectivity index (χ1v) is 4.88. The summed E-state index contributed by atoms with van der Waals surface area (Å²) in [6.07, 6.45) is 5.46. The minimum Gasteiger partial charge on any atom is -0.366 e. The largest absolute Gasteiger partial charge is 0.366 e. The van der Waals surface area contributed by atoms with Crippen LogP contribution in [0.5, 0.6) is 0 Å². The van der Waals surface area contributed by atoms with Gasteiger partial charge in [-0.3, -0.25) is 4.79 Å². The van der Waals surface area contributed by atoms with Crippen LogP contribution < -0.4 is 5.73 Å². The van der Waals surface area contributed by atoms with Gasteiger partial charge in [-0.25, -0.2) is 0 Å². The van der Waals surface area contributed by atoms with Crippen molar-refractivity contribution < 1.29 is 4.79 Å². The summed E-state index contributed by atoms with van der Waals surface area (Å²) in [6, 6.07) is 0. The molecule has 0 aliphatic carbocycles. The fourth-order valence-corrected chi connectivity index (χ4v) is 1.36. The first-order valence-electron chi connectivity index (χ1n) is 4.88. The van der Waals surface area contributed by atoms with Gasteiger partial charge in [-0.2, -0.15) is 0 Å². The average Bonchev–Trinajstić information content (AvgIpc) is 2.00. The summed E-state index contributed by atoms with van der Waals surface area (Å²) in [4.78, 5) is 10.8. The van der Waals surface area contributed by atoms with Crippen molar-refractivity contribution in [2.24, 2.45) is 11.1 Å². The van der Waals surface area contributed by atoms with E-state index in [4.69, 9.17) is 5.73 Å². The Kier molecular flexibility index (Phi) is 4.74. The molecule has 0 aliphatic heterocycles. The van der Waals surface area contributed by atoms with Gasteiger partial charge in [0.15, 0.2) is 0 Å². The number of rotatable bonds is 5. The fourth-order valence-electron chi connectivity index (χ4n) is 1.36. The number of unbranched alkanes of at least 4 members (excludes halogenated alkanes) is 1. The minimum absolute atomic E-state index is 0.0924. The normalized spacial score (nSPS) is 13.1. The number of carbonyl (C=O) groups excluding carboxylic acids is 1. The van der Waals surface area contributed by atoms with Gasteiger partial charge in [0, 0.05) is 5.57 Å². The van der Waals surface area contributed by atoms with Crippen LogP contribution in [0.3, 0.4) is 0 Å². The molecule has 0 unspecified atom stereocenters. The predicted octanol–water partition coefficient (Wildman–Crippen LogP) is 2.63. The van der Waals surface area contributed by atoms with Crippen LogP contribution in [0, 0.1) is 5.41 Å². The quantitative estimate of drug-likeness (QED) is 0.654. The van der Waals surface area contributed by atoms with E-state index in [2.05, 4.69) is 20.8 Å². The lowest BCUT2D eigenvalue weighted by Crippen LogP contribution is -2.16. The van der Waals surface area contributed by atoms with Gasteiger partial charge in [-0.05, 0) is 18.8 Å². The molecule has 0 aromatic rings. The van der Waals surface area contributed by atoms with Gasteiger partial charge < -0.3 is 5.73 Å². The summed E-state index contributed by atoms with van der Waals surface area (Å²) in [5.74, 6) is -0.315. The Balaban J connectivity index is 4.29. The van der Waals surface area contributed by atoms with E-state index in [1.54, 1.807) is 6.92 Å². The molecule has 0 aliphatic rings. The van der Waals surface area contributed by atoms with Gasteiger partial charge in [-0.15, -0.1) is 0 Å². The highest BCUT2D eigenvalue weighted by atomic mass is 16.1. The molecule has 0 atom stereocenters. The van der Waals surface area contributed by atoms with Crippen molar-refractivity contribution >= 4 is 5.91 Å². The zero-order chi connectivity index (χ0) is 10.5. The highest BCUT2D eigenvalue weighted by Gasteiger charge is 2.15. The van der Waals surface area contributed by atoms with Crippen LogP contribution in [-0.2, 0) is 4.79 Å². The first kappa shape index (κ1) is 12.2. The Bertz CT molecular complexity index is 204. The Morgan fingerprint density at radius 3 is 2.38 bits per heavy atom. The number of nitrogens with two attached hydrogens (primary N) is 1. The minimum atomic E-state index is -0.315. The maximum atomic E-state index is 10.8. The summed E-state index contributed by atoms with van der Waals surface area (Å²) in [7, 11) is 0. The lowest BCUT2D eigenvalue weighted by molar-refractivity contribution is -0.114. The van der Waals surface area contributed by atoms with E-state index in [1.807, 2.05) is 6.08 Å². The second-order valence-electron chi connectivity index (χ2n) is 4.28. The molecule has 0 saturated heterocycles. The van der Waals surface area contributed by atoms with Crippen LogP contribution >= 0.6 is 0 Å². The number of primary amides is 1. The lowest BCUT2D eigenvalue weighted by Gasteiger charge is -2.20. The molecule has 0 saturated carbocycles. The second kappa shape index (κ2) is 5.05. The molecule has 0 aromatic carbocycles. The second-order valence-corrected chi connectivity index (χ2v) is 4.28. The van der Waals surface area contributed by atoms with Crippen molar-refractivity contribution in [2.45, 2.75) is 47.0 Å². The third-order valence-electron chi connectivity index (χ3n) is 2.17. The molecule has 0 heterocycles. The zero-order valence-corrected chi connectivity index (χ0v) is 9.18. The molecule has 0 bridgehead atoms. The Labute approximate surface area is 81.2 Å². The highest BCUT2D eigenvalue weighted by Crippen LogP contribution is 2.26. The van der Waals surface area contributed by atoms with E-state index < -0.39 is 0 Å². The SMILES string of the molecule is CCCCC(C)(C)/C=C(\C)C(N)=O. The molecule has 0 radical (unpaired) electrons. The molecular formula is C11H21NO. The van der Waals surface area contributed by atoms with Crippen molar-refractivity contribution in [2.75, 3.05) is 0 Å². The van der Waals surface area contributed by atoms with Crippen molar-refractivity contribution in [1.29, 1.82) is 0 Å². The average molecular weight is 183 g/mol. The fraction of sp³-hybridized carbons (Fsp3) is 0.727. The Morgan fingerprint density at radius 2 is 2.00 bits per heavy atom. The van der Waals surface area contributed by atoms with Crippen LogP contribution in [-0.4, -0.2) is 5.91 Å². The van der Waals surface area contributed by atoms with Gasteiger partial charge >= 0.3 is 0 Å². The van der Waals surface area contributed by atoms with E-state index in [1.165, 1.54) is 12.8 Å². The number of hydrogen-bond donors (Lipinski definition) is 1. The number of amides is 1. The molecular weight excluding hydrogens is 162 g/mol. The molecule has 0 fully saturated rings. The monoisotopic (exact) mass is 183 g/mol. The molecule has 1 amide bonds. The van der Waals surface area contributed by atoms with Gasteiger partial charge in [0.2, 0.25) is 5.91 Å². The lowest BCUT2D eigenvalue weighted by atomic mass is 9.85. The van der Waals surface area contributed by atoms with Crippen LogP contribution in [0.2, 0.25) is 0 Å². The highest BCUT2D eigenvalue weighted by molar-refractivity contribution is 5.91. The molecule has 76 valence electrons. The summed E-state index contributed by atoms with van der Waals surface area (Å²) >= 11 is 0. The van der Waals surface area contributed by atoms with Crippen molar-refractivity contribution in [3.05, 3.63) is 11.6 Å². The third-order valence-corrected chi connectivity index (χ3v) is 2.17. The summed E-state index contributed by atoms with van der Waals surface area (Å²) in [5, 5.41) is 0. The summed E-state index contributed by atoms with van der Waals surface area (Å²) in [6.45, 7) is 8.21. The van der Waals surface area contributed by atoms with Crippen molar-refractivity contribution in [3.63, 3.8) is 0 Å². The molecule has 0 rings (SSSR count). The molecule has 2 heteroatoms. The first-order chi connectivity index (χ1) is 5.89. The maximum absolute atomic E-state index is 10.8.